The second kappa shape index (κ2) is 5.29. The minimum Gasteiger partial charge on any atom is -0.477 e. The van der Waals surface area contributed by atoms with E-state index in [9.17, 15) is 4.79 Å². The van der Waals surface area contributed by atoms with Crippen molar-refractivity contribution in [3.8, 4) is 0 Å². The van der Waals surface area contributed by atoms with Crippen LogP contribution >= 0.6 is 23.1 Å². The number of aryl methyl sites for hydroxylation is 1. The van der Waals surface area contributed by atoms with Crippen molar-refractivity contribution in [2.45, 2.75) is 17.0 Å². The third kappa shape index (κ3) is 3.04. The molecular weight excluding hydrogens is 256 g/mol. The number of hydrogen-bond donors (Lipinski definition) is 1. The fourth-order valence-electron chi connectivity index (χ4n) is 1.26. The van der Waals surface area contributed by atoms with Crippen molar-refractivity contribution in [2.75, 3.05) is 0 Å². The number of carbonyl (C=O) groups is 1. The molecule has 17 heavy (non-hydrogen) atoms. The zero-order valence-corrected chi connectivity index (χ0v) is 10.7. The number of rotatable bonds is 4. The van der Waals surface area contributed by atoms with Gasteiger partial charge in [-0.2, -0.15) is 0 Å². The van der Waals surface area contributed by atoms with Gasteiger partial charge in [-0.15, -0.1) is 11.3 Å². The van der Waals surface area contributed by atoms with Gasteiger partial charge in [-0.05, 0) is 18.6 Å². The number of carboxylic acid groups (broad SMARTS) is 1. The summed E-state index contributed by atoms with van der Waals surface area (Å²) in [5, 5.41) is 8.92. The number of hydrogen-bond acceptors (Lipinski definition) is 5. The van der Waals surface area contributed by atoms with Crippen LogP contribution in [0.3, 0.4) is 0 Å². The van der Waals surface area contributed by atoms with E-state index in [1.165, 1.54) is 23.1 Å². The summed E-state index contributed by atoms with van der Waals surface area (Å²) in [7, 11) is 0. The number of aromatic nitrogens is 2. The molecule has 2 aromatic rings. The van der Waals surface area contributed by atoms with E-state index in [0.29, 0.717) is 10.6 Å². The Morgan fingerprint density at radius 1 is 1.59 bits per heavy atom. The summed E-state index contributed by atoms with van der Waals surface area (Å²) in [5.41, 5.74) is 1.68. The summed E-state index contributed by atoms with van der Waals surface area (Å²) in [4.78, 5) is 19.4. The maximum absolute atomic E-state index is 10.9. The van der Waals surface area contributed by atoms with Gasteiger partial charge in [0.2, 0.25) is 0 Å². The molecule has 0 bridgehead atoms. The highest BCUT2D eigenvalue weighted by atomic mass is 32.2. The average Bonchev–Trinajstić information content (AvgIpc) is 2.69. The SMILES string of the molecule is Cc1nc(SCc2cccnc2)sc1C(=O)O. The molecule has 88 valence electrons. The summed E-state index contributed by atoms with van der Waals surface area (Å²) in [6.07, 6.45) is 3.52. The van der Waals surface area contributed by atoms with Gasteiger partial charge in [0.1, 0.15) is 4.88 Å². The number of thiazole rings is 1. The molecule has 0 aliphatic heterocycles. The first kappa shape index (κ1) is 12.1. The van der Waals surface area contributed by atoms with E-state index in [1.807, 2.05) is 12.1 Å². The van der Waals surface area contributed by atoms with Crippen LogP contribution in [-0.2, 0) is 5.75 Å². The Bertz CT molecular complexity index is 526. The Balaban J connectivity index is 2.05. The standard InChI is InChI=1S/C11H10N2O2S2/c1-7-9(10(14)15)17-11(13-7)16-6-8-3-2-4-12-5-8/h2-5H,6H2,1H3,(H,14,15). The van der Waals surface area contributed by atoms with E-state index in [-0.39, 0.29) is 0 Å². The molecule has 0 unspecified atom stereocenters. The Hall–Kier alpha value is -1.40. The van der Waals surface area contributed by atoms with Crippen molar-refractivity contribution in [2.24, 2.45) is 0 Å². The lowest BCUT2D eigenvalue weighted by Gasteiger charge is -1.96. The summed E-state index contributed by atoms with van der Waals surface area (Å²) >= 11 is 2.75. The summed E-state index contributed by atoms with van der Waals surface area (Å²) in [6, 6.07) is 3.87. The fourth-order valence-corrected chi connectivity index (χ4v) is 3.22. The van der Waals surface area contributed by atoms with Gasteiger partial charge in [-0.3, -0.25) is 4.98 Å². The number of aromatic carboxylic acids is 1. The highest BCUT2D eigenvalue weighted by Gasteiger charge is 2.13. The van der Waals surface area contributed by atoms with Crippen molar-refractivity contribution in [1.29, 1.82) is 0 Å². The van der Waals surface area contributed by atoms with Gasteiger partial charge < -0.3 is 5.11 Å². The predicted molar refractivity (Wildman–Crippen MR) is 67.6 cm³/mol. The Morgan fingerprint density at radius 2 is 2.41 bits per heavy atom. The Kier molecular flexibility index (Phi) is 3.75. The number of pyridine rings is 1. The molecule has 0 aliphatic carbocycles. The van der Waals surface area contributed by atoms with Crippen LogP contribution in [0.15, 0.2) is 28.9 Å². The third-order valence-electron chi connectivity index (χ3n) is 2.06. The second-order valence-electron chi connectivity index (χ2n) is 3.35. The van der Waals surface area contributed by atoms with E-state index >= 15 is 0 Å². The Labute approximate surface area is 107 Å². The van der Waals surface area contributed by atoms with Gasteiger partial charge >= 0.3 is 5.97 Å². The summed E-state index contributed by atoms with van der Waals surface area (Å²) in [5.74, 6) is -0.159. The van der Waals surface area contributed by atoms with Gasteiger partial charge in [0.15, 0.2) is 4.34 Å². The first-order valence-corrected chi connectivity index (χ1v) is 6.69. The quantitative estimate of drug-likeness (QED) is 0.862. The monoisotopic (exact) mass is 266 g/mol. The third-order valence-corrected chi connectivity index (χ3v) is 4.42. The molecule has 0 amide bonds. The molecule has 6 heteroatoms. The number of thioether (sulfide) groups is 1. The van der Waals surface area contributed by atoms with Crippen LogP contribution in [0.1, 0.15) is 20.9 Å². The van der Waals surface area contributed by atoms with Crippen LogP contribution in [-0.4, -0.2) is 21.0 Å². The molecule has 0 saturated heterocycles. The normalized spacial score (nSPS) is 10.4. The van der Waals surface area contributed by atoms with Gasteiger partial charge in [0.05, 0.1) is 5.69 Å². The van der Waals surface area contributed by atoms with Gasteiger partial charge in [0.25, 0.3) is 0 Å². The van der Waals surface area contributed by atoms with Crippen LogP contribution in [0.2, 0.25) is 0 Å². The first-order chi connectivity index (χ1) is 8.16. The zero-order chi connectivity index (χ0) is 12.3. The predicted octanol–water partition coefficient (Wildman–Crippen LogP) is 2.84. The van der Waals surface area contributed by atoms with E-state index in [4.69, 9.17) is 5.11 Å². The first-order valence-electron chi connectivity index (χ1n) is 4.89. The molecular formula is C11H10N2O2S2. The molecule has 0 spiro atoms. The van der Waals surface area contributed by atoms with Crippen LogP contribution < -0.4 is 0 Å². The number of carboxylic acids is 1. The van der Waals surface area contributed by atoms with Crippen molar-refractivity contribution in [1.82, 2.24) is 9.97 Å². The lowest BCUT2D eigenvalue weighted by atomic mass is 10.3. The lowest BCUT2D eigenvalue weighted by molar-refractivity contribution is 0.0701. The van der Waals surface area contributed by atoms with Gasteiger partial charge in [-0.25, -0.2) is 9.78 Å². The smallest absolute Gasteiger partial charge is 0.347 e. The van der Waals surface area contributed by atoms with Gasteiger partial charge in [-0.1, -0.05) is 17.8 Å². The van der Waals surface area contributed by atoms with Crippen LogP contribution in [0.5, 0.6) is 0 Å². The largest absolute Gasteiger partial charge is 0.477 e. The highest BCUT2D eigenvalue weighted by Crippen LogP contribution is 2.29. The van der Waals surface area contributed by atoms with Crippen molar-refractivity contribution in [3.05, 3.63) is 40.7 Å². The van der Waals surface area contributed by atoms with E-state index in [0.717, 1.165) is 15.7 Å². The van der Waals surface area contributed by atoms with Crippen LogP contribution in [0.4, 0.5) is 0 Å². The minimum absolute atomic E-state index is 0.318. The topological polar surface area (TPSA) is 63.1 Å². The molecule has 2 aromatic heterocycles. The molecule has 0 fully saturated rings. The highest BCUT2D eigenvalue weighted by molar-refractivity contribution is 8.00. The molecule has 0 atom stereocenters. The molecule has 0 saturated carbocycles. The molecule has 0 radical (unpaired) electrons. The molecule has 4 nitrogen and oxygen atoms in total. The van der Waals surface area contributed by atoms with E-state index < -0.39 is 5.97 Å². The average molecular weight is 266 g/mol. The van der Waals surface area contributed by atoms with Crippen LogP contribution in [0.25, 0.3) is 0 Å². The molecule has 1 N–H and O–H groups in total. The zero-order valence-electron chi connectivity index (χ0n) is 9.08. The van der Waals surface area contributed by atoms with Crippen molar-refractivity contribution >= 4 is 29.1 Å². The molecule has 0 aromatic carbocycles. The van der Waals surface area contributed by atoms with E-state index in [2.05, 4.69) is 9.97 Å². The van der Waals surface area contributed by atoms with Crippen molar-refractivity contribution < 1.29 is 9.90 Å². The maximum Gasteiger partial charge on any atom is 0.347 e. The van der Waals surface area contributed by atoms with E-state index in [1.54, 1.807) is 19.3 Å². The van der Waals surface area contributed by atoms with Gasteiger partial charge in [0, 0.05) is 18.1 Å². The minimum atomic E-state index is -0.909. The lowest BCUT2D eigenvalue weighted by Crippen LogP contribution is -1.94. The maximum atomic E-state index is 10.9. The molecule has 0 aliphatic rings. The fraction of sp³-hybridized carbons (Fsp3) is 0.182. The molecule has 2 heterocycles. The number of nitrogens with zero attached hydrogens (tertiary/aromatic N) is 2. The van der Waals surface area contributed by atoms with Crippen LogP contribution in [0, 0.1) is 6.92 Å². The summed E-state index contributed by atoms with van der Waals surface area (Å²) in [6.45, 7) is 1.72. The second-order valence-corrected chi connectivity index (χ2v) is 5.57. The molecule has 2 rings (SSSR count). The summed E-state index contributed by atoms with van der Waals surface area (Å²) < 4.78 is 0.781. The Morgan fingerprint density at radius 3 is 3.00 bits per heavy atom. The van der Waals surface area contributed by atoms with Crippen molar-refractivity contribution in [3.63, 3.8) is 0 Å².